The van der Waals surface area contributed by atoms with E-state index in [0.29, 0.717) is 18.9 Å². The fourth-order valence-electron chi connectivity index (χ4n) is 4.97. The number of imidazole rings is 2. The van der Waals surface area contributed by atoms with Gasteiger partial charge in [-0.15, -0.1) is 11.3 Å². The van der Waals surface area contributed by atoms with Gasteiger partial charge in [0.25, 0.3) is 0 Å². The van der Waals surface area contributed by atoms with Gasteiger partial charge in [-0.25, -0.2) is 15.0 Å². The Hall–Kier alpha value is -5.06. The quantitative estimate of drug-likeness (QED) is 0.233. The Kier molecular flexibility index (Phi) is 5.73. The summed E-state index contributed by atoms with van der Waals surface area (Å²) in [5.41, 5.74) is 7.92. The molecule has 7 heteroatoms. The van der Waals surface area contributed by atoms with E-state index in [9.17, 15) is 5.26 Å². The minimum atomic E-state index is 0.403. The molecule has 0 saturated carbocycles. The van der Waals surface area contributed by atoms with Crippen LogP contribution in [-0.2, 0) is 13.1 Å². The van der Waals surface area contributed by atoms with E-state index in [4.69, 9.17) is 9.97 Å². The van der Waals surface area contributed by atoms with E-state index >= 15 is 0 Å². The predicted molar refractivity (Wildman–Crippen MR) is 155 cm³/mol. The van der Waals surface area contributed by atoms with Gasteiger partial charge in [-0.3, -0.25) is 0 Å². The van der Waals surface area contributed by atoms with E-state index in [1.54, 1.807) is 11.3 Å². The molecular formula is C32H22N6S. The van der Waals surface area contributed by atoms with E-state index in [0.717, 1.165) is 49.7 Å². The van der Waals surface area contributed by atoms with Gasteiger partial charge >= 0.3 is 0 Å². The van der Waals surface area contributed by atoms with Gasteiger partial charge in [0.2, 0.25) is 5.82 Å². The highest BCUT2D eigenvalue weighted by atomic mass is 32.1. The van der Waals surface area contributed by atoms with Crippen molar-refractivity contribution in [1.82, 2.24) is 24.1 Å². The van der Waals surface area contributed by atoms with Crippen molar-refractivity contribution >= 4 is 33.4 Å². The van der Waals surface area contributed by atoms with Crippen LogP contribution in [0.1, 0.15) is 17.0 Å². The fraction of sp³-hybridized carbons (Fsp3) is 0.0625. The second-order valence-corrected chi connectivity index (χ2v) is 10.2. The van der Waals surface area contributed by atoms with Gasteiger partial charge in [0.1, 0.15) is 16.8 Å². The molecule has 0 aliphatic carbocycles. The standard InChI is InChI=1S/C32H22N6S/c33-18-30-34-26-16-15-24(17-29(26)37(30)19-22-9-3-1-4-10-22)32-36-27(21-39-32)31-35-25-13-7-8-14-28(25)38(31)20-23-11-5-2-6-12-23/h1-17,21H,19-20H2. The molecule has 7 aromatic rings. The van der Waals surface area contributed by atoms with Crippen molar-refractivity contribution in [3.8, 4) is 28.2 Å². The Morgan fingerprint density at radius 3 is 2.08 bits per heavy atom. The first kappa shape index (κ1) is 23.1. The number of nitriles is 1. The van der Waals surface area contributed by atoms with Crippen molar-refractivity contribution in [2.45, 2.75) is 13.1 Å². The summed E-state index contributed by atoms with van der Waals surface area (Å²) >= 11 is 1.59. The molecular weight excluding hydrogens is 500 g/mol. The van der Waals surface area contributed by atoms with Crippen molar-refractivity contribution in [3.05, 3.63) is 125 Å². The molecule has 0 fully saturated rings. The second kappa shape index (κ2) is 9.67. The lowest BCUT2D eigenvalue weighted by atomic mass is 10.2. The van der Waals surface area contributed by atoms with E-state index < -0.39 is 0 Å². The van der Waals surface area contributed by atoms with Gasteiger partial charge in [-0.1, -0.05) is 72.8 Å². The number of hydrogen-bond acceptors (Lipinski definition) is 5. The van der Waals surface area contributed by atoms with Gasteiger partial charge in [0.05, 0.1) is 28.6 Å². The number of aromatic nitrogens is 5. The molecule has 3 aromatic heterocycles. The lowest BCUT2D eigenvalue weighted by molar-refractivity contribution is 0.808. The van der Waals surface area contributed by atoms with Crippen LogP contribution >= 0.6 is 11.3 Å². The van der Waals surface area contributed by atoms with Crippen LogP contribution < -0.4 is 0 Å². The molecule has 4 aromatic carbocycles. The largest absolute Gasteiger partial charge is 0.318 e. The number of nitrogens with zero attached hydrogens (tertiary/aromatic N) is 6. The summed E-state index contributed by atoms with van der Waals surface area (Å²) in [4.78, 5) is 14.6. The molecule has 0 aliphatic rings. The van der Waals surface area contributed by atoms with Crippen LogP contribution in [0.5, 0.6) is 0 Å². The Morgan fingerprint density at radius 2 is 1.33 bits per heavy atom. The molecule has 0 radical (unpaired) electrons. The Labute approximate surface area is 229 Å². The molecule has 0 spiro atoms. The third-order valence-corrected chi connectivity index (χ3v) is 7.74. The Balaban J connectivity index is 1.29. The SMILES string of the molecule is N#Cc1nc2ccc(-c3nc(-c4nc5ccccc5n4Cc4ccccc4)cs3)cc2n1Cc1ccccc1. The first-order valence-electron chi connectivity index (χ1n) is 12.7. The number of para-hydroxylation sites is 2. The van der Waals surface area contributed by atoms with Crippen LogP contribution in [0.4, 0.5) is 0 Å². The maximum atomic E-state index is 9.75. The monoisotopic (exact) mass is 522 g/mol. The van der Waals surface area contributed by atoms with Gasteiger partial charge < -0.3 is 9.13 Å². The number of fused-ring (bicyclic) bond motifs is 2. The molecule has 6 nitrogen and oxygen atoms in total. The predicted octanol–water partition coefficient (Wildman–Crippen LogP) is 7.14. The van der Waals surface area contributed by atoms with E-state index in [-0.39, 0.29) is 0 Å². The highest BCUT2D eigenvalue weighted by Gasteiger charge is 2.18. The van der Waals surface area contributed by atoms with Crippen molar-refractivity contribution in [2.75, 3.05) is 0 Å². The summed E-state index contributed by atoms with van der Waals surface area (Å²) < 4.78 is 4.21. The van der Waals surface area contributed by atoms with Crippen LogP contribution in [0.25, 0.3) is 44.2 Å². The van der Waals surface area contributed by atoms with Crippen molar-refractivity contribution in [3.63, 3.8) is 0 Å². The Bertz CT molecular complexity index is 1980. The topological polar surface area (TPSA) is 72.3 Å². The number of benzene rings is 4. The van der Waals surface area contributed by atoms with E-state index in [1.165, 1.54) is 5.56 Å². The zero-order valence-electron chi connectivity index (χ0n) is 20.9. The van der Waals surface area contributed by atoms with Crippen molar-refractivity contribution < 1.29 is 0 Å². The van der Waals surface area contributed by atoms with Crippen LogP contribution in [0.15, 0.2) is 109 Å². The maximum Gasteiger partial charge on any atom is 0.214 e. The van der Waals surface area contributed by atoms with E-state index in [2.05, 4.69) is 69.5 Å². The summed E-state index contributed by atoms with van der Waals surface area (Å²) in [5.74, 6) is 1.25. The van der Waals surface area contributed by atoms with Gasteiger partial charge in [0, 0.05) is 17.5 Å². The highest BCUT2D eigenvalue weighted by molar-refractivity contribution is 7.13. The number of rotatable bonds is 6. The highest BCUT2D eigenvalue weighted by Crippen LogP contribution is 2.33. The molecule has 7 rings (SSSR count). The first-order chi connectivity index (χ1) is 19.3. The average molecular weight is 523 g/mol. The van der Waals surface area contributed by atoms with Crippen LogP contribution in [0.3, 0.4) is 0 Å². The van der Waals surface area contributed by atoms with Gasteiger partial charge in [0.15, 0.2) is 5.82 Å². The summed E-state index contributed by atoms with van der Waals surface area (Å²) in [6.45, 7) is 1.29. The zero-order valence-corrected chi connectivity index (χ0v) is 21.7. The third kappa shape index (κ3) is 4.27. The molecule has 0 saturated heterocycles. The van der Waals surface area contributed by atoms with Crippen LogP contribution in [0.2, 0.25) is 0 Å². The van der Waals surface area contributed by atoms with Crippen LogP contribution in [0, 0.1) is 11.3 Å². The molecule has 0 N–H and O–H groups in total. The zero-order chi connectivity index (χ0) is 26.2. The average Bonchev–Trinajstić information content (AvgIpc) is 3.70. The summed E-state index contributed by atoms with van der Waals surface area (Å²) in [7, 11) is 0. The molecule has 0 unspecified atom stereocenters. The molecule has 0 aliphatic heterocycles. The van der Waals surface area contributed by atoms with Crippen molar-refractivity contribution in [2.24, 2.45) is 0 Å². The summed E-state index contributed by atoms with van der Waals surface area (Å²) in [6.07, 6.45) is 0. The number of thiazole rings is 1. The minimum Gasteiger partial charge on any atom is -0.318 e. The van der Waals surface area contributed by atoms with Gasteiger partial charge in [-0.05, 0) is 41.5 Å². The van der Waals surface area contributed by atoms with Crippen molar-refractivity contribution in [1.29, 1.82) is 5.26 Å². The molecule has 39 heavy (non-hydrogen) atoms. The smallest absolute Gasteiger partial charge is 0.214 e. The molecule has 0 amide bonds. The lowest BCUT2D eigenvalue weighted by Gasteiger charge is -2.08. The summed E-state index contributed by atoms with van der Waals surface area (Å²) in [6, 6.07) is 37.1. The molecule has 0 bridgehead atoms. The van der Waals surface area contributed by atoms with Gasteiger partial charge in [-0.2, -0.15) is 5.26 Å². The lowest BCUT2D eigenvalue weighted by Crippen LogP contribution is -2.02. The minimum absolute atomic E-state index is 0.403. The molecule has 186 valence electrons. The molecule has 3 heterocycles. The summed E-state index contributed by atoms with van der Waals surface area (Å²) in [5, 5.41) is 12.7. The molecule has 0 atom stereocenters. The normalized spacial score (nSPS) is 11.3. The maximum absolute atomic E-state index is 9.75. The second-order valence-electron chi connectivity index (χ2n) is 9.36. The fourth-order valence-corrected chi connectivity index (χ4v) is 5.77. The third-order valence-electron chi connectivity index (χ3n) is 6.85. The first-order valence-corrected chi connectivity index (χ1v) is 13.5. The van der Waals surface area contributed by atoms with E-state index in [1.807, 2.05) is 59.2 Å². The number of hydrogen-bond donors (Lipinski definition) is 0. The Morgan fingerprint density at radius 1 is 0.667 bits per heavy atom. The van der Waals surface area contributed by atoms with Crippen LogP contribution in [-0.4, -0.2) is 24.1 Å².